The molecule has 3 nitrogen and oxygen atoms in total. The van der Waals surface area contributed by atoms with Crippen molar-refractivity contribution >= 4 is 5.97 Å². The molecule has 0 N–H and O–H groups in total. The molecule has 0 spiro atoms. The van der Waals surface area contributed by atoms with E-state index in [2.05, 4.69) is 35.0 Å². The van der Waals surface area contributed by atoms with Gasteiger partial charge in [0.15, 0.2) is 6.54 Å². The van der Waals surface area contributed by atoms with Gasteiger partial charge in [0.2, 0.25) is 0 Å². The monoisotopic (exact) mass is 623 g/mol. The lowest BCUT2D eigenvalue weighted by Gasteiger charge is -2.23. The van der Waals surface area contributed by atoms with E-state index in [9.17, 15) is 4.79 Å². The first-order chi connectivity index (χ1) is 21.4. The molecule has 44 heavy (non-hydrogen) atoms. The Balaban J connectivity index is 3.88. The van der Waals surface area contributed by atoms with Gasteiger partial charge in [0.1, 0.15) is 0 Å². The number of rotatable bonds is 36. The van der Waals surface area contributed by atoms with E-state index in [-0.39, 0.29) is 5.97 Å². The van der Waals surface area contributed by atoms with Crippen molar-refractivity contribution in [2.45, 2.75) is 219 Å². The van der Waals surface area contributed by atoms with E-state index in [1.54, 1.807) is 0 Å². The molecule has 0 aliphatic rings. The van der Waals surface area contributed by atoms with Gasteiger partial charge in [-0.2, -0.15) is 0 Å². The Morgan fingerprint density at radius 1 is 0.432 bits per heavy atom. The number of likely N-dealkylation sites (N-methyl/N-ethyl adjacent to an activating group) is 1. The molecule has 0 radical (unpaired) electrons. The molecule has 0 bridgehead atoms. The number of unbranched alkanes of at least 4 members (excludes halogenated alkanes) is 28. The van der Waals surface area contributed by atoms with Crippen LogP contribution in [0.25, 0.3) is 0 Å². The van der Waals surface area contributed by atoms with Crippen LogP contribution in [0.5, 0.6) is 0 Å². The Labute approximate surface area is 279 Å². The van der Waals surface area contributed by atoms with Crippen molar-refractivity contribution in [2.24, 2.45) is 5.92 Å². The minimum Gasteiger partial charge on any atom is -0.461 e. The van der Waals surface area contributed by atoms with Crippen LogP contribution in [-0.2, 0) is 9.53 Å². The van der Waals surface area contributed by atoms with E-state index in [1.807, 2.05) is 0 Å². The topological polar surface area (TPSA) is 26.3 Å². The first-order valence-electron chi connectivity index (χ1n) is 20.3. The summed E-state index contributed by atoms with van der Waals surface area (Å²) in [5, 5.41) is 0. The summed E-state index contributed by atoms with van der Waals surface area (Å²) in [6.07, 6.45) is 44.8. The zero-order valence-corrected chi connectivity index (χ0v) is 31.4. The van der Waals surface area contributed by atoms with Crippen molar-refractivity contribution in [2.75, 3.05) is 34.3 Å². The van der Waals surface area contributed by atoms with Crippen LogP contribution in [0, 0.1) is 5.92 Å². The van der Waals surface area contributed by atoms with Crippen LogP contribution in [0.4, 0.5) is 0 Å². The molecule has 0 rings (SSSR count). The lowest BCUT2D eigenvalue weighted by Crippen LogP contribution is -2.40. The average molecular weight is 623 g/mol. The molecule has 0 aromatic rings. The van der Waals surface area contributed by atoms with E-state index < -0.39 is 0 Å². The second kappa shape index (κ2) is 33.8. The van der Waals surface area contributed by atoms with Crippen LogP contribution in [-0.4, -0.2) is 44.7 Å². The van der Waals surface area contributed by atoms with Gasteiger partial charge < -0.3 is 9.22 Å². The SMILES string of the molecule is CCCCCCCCCCCCCCCCCCC(CCCCCCCCCCCCCCCC)COC(=O)C[N+](C)(C)C. The number of quaternary nitrogens is 1. The van der Waals surface area contributed by atoms with Crippen molar-refractivity contribution in [3.63, 3.8) is 0 Å². The molecule has 0 aliphatic heterocycles. The first kappa shape index (κ1) is 43.4. The van der Waals surface area contributed by atoms with Crippen molar-refractivity contribution < 1.29 is 14.0 Å². The van der Waals surface area contributed by atoms with E-state index in [1.165, 1.54) is 205 Å². The van der Waals surface area contributed by atoms with Gasteiger partial charge in [-0.15, -0.1) is 0 Å². The number of hydrogen-bond acceptors (Lipinski definition) is 2. The minimum absolute atomic E-state index is 0.0320. The van der Waals surface area contributed by atoms with Crippen LogP contribution in [0.2, 0.25) is 0 Å². The van der Waals surface area contributed by atoms with Gasteiger partial charge in [-0.05, 0) is 18.8 Å². The van der Waals surface area contributed by atoms with Crippen LogP contribution in [0.3, 0.4) is 0 Å². The largest absolute Gasteiger partial charge is 0.461 e. The Morgan fingerprint density at radius 3 is 0.932 bits per heavy atom. The quantitative estimate of drug-likeness (QED) is 0.0395. The molecule has 264 valence electrons. The fourth-order valence-corrected chi connectivity index (χ4v) is 6.56. The zero-order chi connectivity index (χ0) is 32.4. The smallest absolute Gasteiger partial charge is 0.361 e. The normalized spacial score (nSPS) is 12.6. The minimum atomic E-state index is -0.0320. The lowest BCUT2D eigenvalue weighted by atomic mass is 9.94. The van der Waals surface area contributed by atoms with Gasteiger partial charge in [-0.1, -0.05) is 206 Å². The molecule has 0 heterocycles. The molecule has 0 amide bonds. The molecule has 0 aromatic carbocycles. The summed E-state index contributed by atoms with van der Waals surface area (Å²) >= 11 is 0. The molecule has 0 aliphatic carbocycles. The van der Waals surface area contributed by atoms with E-state index in [0.29, 0.717) is 23.6 Å². The Bertz CT molecular complexity index is 569. The number of hydrogen-bond donors (Lipinski definition) is 0. The molecule has 0 fully saturated rings. The first-order valence-corrected chi connectivity index (χ1v) is 20.3. The zero-order valence-electron chi connectivity index (χ0n) is 31.4. The lowest BCUT2D eigenvalue weighted by molar-refractivity contribution is -0.862. The van der Waals surface area contributed by atoms with Crippen LogP contribution in [0.15, 0.2) is 0 Å². The Hall–Kier alpha value is -0.570. The fraction of sp³-hybridized carbons (Fsp3) is 0.976. The molecule has 1 atom stereocenters. The fourth-order valence-electron chi connectivity index (χ4n) is 6.56. The summed E-state index contributed by atoms with van der Waals surface area (Å²) in [7, 11) is 6.18. The van der Waals surface area contributed by atoms with Crippen molar-refractivity contribution in [1.82, 2.24) is 0 Å². The van der Waals surface area contributed by atoms with Crippen molar-refractivity contribution in [3.05, 3.63) is 0 Å². The number of nitrogens with zero attached hydrogens (tertiary/aromatic N) is 1. The predicted octanol–water partition coefficient (Wildman–Crippen LogP) is 13.4. The molecule has 1 unspecified atom stereocenters. The maximum absolute atomic E-state index is 12.4. The number of esters is 1. The summed E-state index contributed by atoms with van der Waals surface area (Å²) in [5.74, 6) is 0.519. The van der Waals surface area contributed by atoms with Gasteiger partial charge in [0, 0.05) is 0 Å². The van der Waals surface area contributed by atoms with E-state index >= 15 is 0 Å². The molecule has 0 aromatic heterocycles. The maximum atomic E-state index is 12.4. The number of ether oxygens (including phenoxy) is 1. The molecular formula is C41H84NO2+. The van der Waals surface area contributed by atoms with Gasteiger partial charge in [0.25, 0.3) is 0 Å². The Kier molecular flexibility index (Phi) is 33.3. The highest BCUT2D eigenvalue weighted by Gasteiger charge is 2.18. The Morgan fingerprint density at radius 2 is 0.682 bits per heavy atom. The van der Waals surface area contributed by atoms with Crippen LogP contribution < -0.4 is 0 Å². The van der Waals surface area contributed by atoms with Crippen LogP contribution >= 0.6 is 0 Å². The predicted molar refractivity (Wildman–Crippen MR) is 196 cm³/mol. The van der Waals surface area contributed by atoms with E-state index in [0.717, 1.165) is 0 Å². The molecule has 3 heteroatoms. The second-order valence-electron chi connectivity index (χ2n) is 15.5. The van der Waals surface area contributed by atoms with E-state index in [4.69, 9.17) is 4.74 Å². The number of carbonyl (C=O) groups is 1. The average Bonchev–Trinajstić information content (AvgIpc) is 2.98. The maximum Gasteiger partial charge on any atom is 0.361 e. The third kappa shape index (κ3) is 35.9. The van der Waals surface area contributed by atoms with Gasteiger partial charge in [0.05, 0.1) is 27.7 Å². The molecule has 0 saturated heterocycles. The third-order valence-electron chi connectivity index (χ3n) is 9.52. The third-order valence-corrected chi connectivity index (χ3v) is 9.52. The molecular weight excluding hydrogens is 538 g/mol. The number of carbonyl (C=O) groups excluding carboxylic acids is 1. The summed E-state index contributed by atoms with van der Waals surface area (Å²) < 4.78 is 6.42. The summed E-state index contributed by atoms with van der Waals surface area (Å²) in [5.41, 5.74) is 0. The second-order valence-corrected chi connectivity index (χ2v) is 15.5. The summed E-state index contributed by atoms with van der Waals surface area (Å²) in [4.78, 5) is 12.4. The summed E-state index contributed by atoms with van der Waals surface area (Å²) in [6, 6.07) is 0. The van der Waals surface area contributed by atoms with Crippen molar-refractivity contribution in [1.29, 1.82) is 0 Å². The van der Waals surface area contributed by atoms with Gasteiger partial charge in [-0.25, -0.2) is 4.79 Å². The van der Waals surface area contributed by atoms with Crippen LogP contribution in [0.1, 0.15) is 219 Å². The van der Waals surface area contributed by atoms with Gasteiger partial charge >= 0.3 is 5.97 Å². The highest BCUT2D eigenvalue weighted by atomic mass is 16.5. The highest BCUT2D eigenvalue weighted by molar-refractivity contribution is 5.70. The standard InChI is InChI=1S/C41H84NO2/c1-6-8-10-12-14-16-18-20-22-23-25-27-29-31-33-35-37-40(39-44-41(43)38-42(3,4)5)36-34-32-30-28-26-24-21-19-17-15-13-11-9-7-2/h40H,6-39H2,1-5H3/q+1. The summed E-state index contributed by atoms with van der Waals surface area (Å²) in [6.45, 7) is 5.69. The highest BCUT2D eigenvalue weighted by Crippen LogP contribution is 2.21. The molecule has 0 saturated carbocycles. The van der Waals surface area contributed by atoms with Crippen molar-refractivity contribution in [3.8, 4) is 0 Å². The van der Waals surface area contributed by atoms with Gasteiger partial charge in [-0.3, -0.25) is 0 Å².